The molecule has 1 aliphatic heterocycles. The summed E-state index contributed by atoms with van der Waals surface area (Å²) in [5, 5.41) is 2.85. The normalized spacial score (nSPS) is 14.7. The van der Waals surface area contributed by atoms with Crippen LogP contribution in [0.2, 0.25) is 0 Å². The van der Waals surface area contributed by atoms with Crippen molar-refractivity contribution in [3.63, 3.8) is 0 Å². The minimum absolute atomic E-state index is 0.141. The van der Waals surface area contributed by atoms with Crippen LogP contribution < -0.4 is 0 Å². The van der Waals surface area contributed by atoms with Crippen LogP contribution in [0, 0.1) is 5.82 Å². The Morgan fingerprint density at radius 1 is 1.17 bits per heavy atom. The van der Waals surface area contributed by atoms with Crippen molar-refractivity contribution in [2.24, 2.45) is 0 Å². The monoisotopic (exact) mass is 328 g/mol. The van der Waals surface area contributed by atoms with E-state index >= 15 is 0 Å². The summed E-state index contributed by atoms with van der Waals surface area (Å²) >= 11 is 1.63. The van der Waals surface area contributed by atoms with Gasteiger partial charge in [-0.05, 0) is 48.6 Å². The van der Waals surface area contributed by atoms with Crippen molar-refractivity contribution in [3.8, 4) is 10.6 Å². The Kier molecular flexibility index (Phi) is 3.65. The fourth-order valence-electron chi connectivity index (χ4n) is 3.24. The SMILES string of the molecule is O=C(Cn1c(-c2cccs2)cc2cc(F)ccc21)N1CCCC1. The molecule has 0 saturated carbocycles. The van der Waals surface area contributed by atoms with Gasteiger partial charge in [-0.2, -0.15) is 0 Å². The van der Waals surface area contributed by atoms with Gasteiger partial charge in [0.15, 0.2) is 0 Å². The molecule has 1 aliphatic rings. The van der Waals surface area contributed by atoms with Gasteiger partial charge in [0.1, 0.15) is 12.4 Å². The molecule has 3 heterocycles. The van der Waals surface area contributed by atoms with Crippen LogP contribution in [0.4, 0.5) is 4.39 Å². The summed E-state index contributed by atoms with van der Waals surface area (Å²) in [5.74, 6) is -0.111. The van der Waals surface area contributed by atoms with Crippen LogP contribution in [-0.2, 0) is 11.3 Å². The lowest BCUT2D eigenvalue weighted by Gasteiger charge is -2.17. The maximum Gasteiger partial charge on any atom is 0.242 e. The van der Waals surface area contributed by atoms with Gasteiger partial charge in [0.05, 0.1) is 10.6 Å². The van der Waals surface area contributed by atoms with Crippen LogP contribution in [0.3, 0.4) is 0 Å². The number of thiophene rings is 1. The molecule has 1 aromatic carbocycles. The van der Waals surface area contributed by atoms with E-state index < -0.39 is 0 Å². The summed E-state index contributed by atoms with van der Waals surface area (Å²) in [6.07, 6.45) is 2.17. The lowest BCUT2D eigenvalue weighted by molar-refractivity contribution is -0.130. The molecule has 0 N–H and O–H groups in total. The fourth-order valence-corrected chi connectivity index (χ4v) is 3.99. The van der Waals surface area contributed by atoms with Gasteiger partial charge in [-0.15, -0.1) is 11.3 Å². The Hall–Kier alpha value is -2.14. The number of aromatic nitrogens is 1. The molecule has 0 radical (unpaired) electrons. The van der Waals surface area contributed by atoms with E-state index in [1.165, 1.54) is 12.1 Å². The van der Waals surface area contributed by atoms with Gasteiger partial charge >= 0.3 is 0 Å². The Morgan fingerprint density at radius 3 is 2.74 bits per heavy atom. The van der Waals surface area contributed by atoms with Crippen LogP contribution in [0.25, 0.3) is 21.5 Å². The summed E-state index contributed by atoms with van der Waals surface area (Å²) in [7, 11) is 0. The van der Waals surface area contributed by atoms with Gasteiger partial charge < -0.3 is 9.47 Å². The van der Waals surface area contributed by atoms with E-state index in [1.54, 1.807) is 17.4 Å². The Bertz CT molecular complexity index is 847. The van der Waals surface area contributed by atoms with Gasteiger partial charge in [-0.3, -0.25) is 4.79 Å². The number of rotatable bonds is 3. The zero-order valence-electron chi connectivity index (χ0n) is 12.7. The van der Waals surface area contributed by atoms with Gasteiger partial charge in [-0.1, -0.05) is 6.07 Å². The molecule has 5 heteroatoms. The molecule has 0 aliphatic carbocycles. The first kappa shape index (κ1) is 14.5. The molecule has 2 aromatic heterocycles. The standard InChI is InChI=1S/C18H17FN2OS/c19-14-5-6-15-13(10-14)11-16(17-4-3-9-23-17)21(15)12-18(22)20-7-1-2-8-20/h3-6,9-11H,1-2,7-8,12H2. The van der Waals surface area contributed by atoms with Crippen molar-refractivity contribution in [3.05, 3.63) is 47.6 Å². The molecule has 118 valence electrons. The highest BCUT2D eigenvalue weighted by molar-refractivity contribution is 7.13. The number of halogens is 1. The lowest BCUT2D eigenvalue weighted by Crippen LogP contribution is -2.31. The van der Waals surface area contributed by atoms with E-state index in [9.17, 15) is 9.18 Å². The molecule has 0 bridgehead atoms. The van der Waals surface area contributed by atoms with Crippen LogP contribution >= 0.6 is 11.3 Å². The van der Waals surface area contributed by atoms with E-state index in [2.05, 4.69) is 0 Å². The van der Waals surface area contributed by atoms with Crippen molar-refractivity contribution < 1.29 is 9.18 Å². The summed E-state index contributed by atoms with van der Waals surface area (Å²) in [6, 6.07) is 10.7. The van der Waals surface area contributed by atoms with Crippen LogP contribution in [0.5, 0.6) is 0 Å². The predicted molar refractivity (Wildman–Crippen MR) is 91.0 cm³/mol. The number of nitrogens with zero attached hydrogens (tertiary/aromatic N) is 2. The molecule has 0 atom stereocenters. The van der Waals surface area contributed by atoms with Crippen molar-refractivity contribution >= 4 is 28.1 Å². The van der Waals surface area contributed by atoms with Crippen molar-refractivity contribution in [2.75, 3.05) is 13.1 Å². The van der Waals surface area contributed by atoms with Crippen LogP contribution in [-0.4, -0.2) is 28.5 Å². The molecular weight excluding hydrogens is 311 g/mol. The number of hydrogen-bond donors (Lipinski definition) is 0. The third-order valence-corrected chi connectivity index (χ3v) is 5.28. The molecule has 0 spiro atoms. The zero-order valence-corrected chi connectivity index (χ0v) is 13.5. The minimum atomic E-state index is -0.252. The first-order valence-electron chi connectivity index (χ1n) is 7.83. The molecular formula is C18H17FN2OS. The maximum absolute atomic E-state index is 13.5. The summed E-state index contributed by atoms with van der Waals surface area (Å²) in [5.41, 5.74) is 1.88. The topological polar surface area (TPSA) is 25.2 Å². The number of carbonyl (C=O) groups is 1. The Labute approximate surface area is 138 Å². The largest absolute Gasteiger partial charge is 0.341 e. The highest BCUT2D eigenvalue weighted by Gasteiger charge is 2.21. The van der Waals surface area contributed by atoms with Gasteiger partial charge in [-0.25, -0.2) is 4.39 Å². The fraction of sp³-hybridized carbons (Fsp3) is 0.278. The highest BCUT2D eigenvalue weighted by Crippen LogP contribution is 2.31. The smallest absolute Gasteiger partial charge is 0.242 e. The molecule has 4 rings (SSSR count). The van der Waals surface area contributed by atoms with Crippen molar-refractivity contribution in [2.45, 2.75) is 19.4 Å². The van der Waals surface area contributed by atoms with E-state index in [4.69, 9.17) is 0 Å². The molecule has 3 aromatic rings. The Morgan fingerprint density at radius 2 is 2.00 bits per heavy atom. The third-order valence-electron chi connectivity index (χ3n) is 4.39. The first-order valence-corrected chi connectivity index (χ1v) is 8.71. The molecule has 1 fully saturated rings. The lowest BCUT2D eigenvalue weighted by atomic mass is 10.2. The number of amides is 1. The molecule has 0 unspecified atom stereocenters. The summed E-state index contributed by atoms with van der Waals surface area (Å²) < 4.78 is 15.6. The molecule has 1 amide bonds. The number of hydrogen-bond acceptors (Lipinski definition) is 2. The van der Waals surface area contributed by atoms with Gasteiger partial charge in [0, 0.05) is 24.0 Å². The summed E-state index contributed by atoms with van der Waals surface area (Å²) in [4.78, 5) is 15.6. The third kappa shape index (κ3) is 2.65. The summed E-state index contributed by atoms with van der Waals surface area (Å²) in [6.45, 7) is 2.00. The number of benzene rings is 1. The number of carbonyl (C=O) groups excluding carboxylic acids is 1. The first-order chi connectivity index (χ1) is 11.2. The van der Waals surface area contributed by atoms with Gasteiger partial charge in [0.25, 0.3) is 0 Å². The van der Waals surface area contributed by atoms with E-state index in [1.807, 2.05) is 33.0 Å². The van der Waals surface area contributed by atoms with Crippen molar-refractivity contribution in [1.82, 2.24) is 9.47 Å². The zero-order chi connectivity index (χ0) is 15.8. The van der Waals surface area contributed by atoms with E-state index in [-0.39, 0.29) is 11.7 Å². The minimum Gasteiger partial charge on any atom is -0.341 e. The highest BCUT2D eigenvalue weighted by atomic mass is 32.1. The second kappa shape index (κ2) is 5.81. The maximum atomic E-state index is 13.5. The van der Waals surface area contributed by atoms with E-state index in [0.717, 1.165) is 47.4 Å². The van der Waals surface area contributed by atoms with Gasteiger partial charge in [0.2, 0.25) is 5.91 Å². The quantitative estimate of drug-likeness (QED) is 0.709. The van der Waals surface area contributed by atoms with Crippen LogP contribution in [0.1, 0.15) is 12.8 Å². The Balaban J connectivity index is 1.79. The molecule has 3 nitrogen and oxygen atoms in total. The van der Waals surface area contributed by atoms with Crippen molar-refractivity contribution in [1.29, 1.82) is 0 Å². The average Bonchev–Trinajstić information content (AvgIpc) is 3.28. The molecule has 23 heavy (non-hydrogen) atoms. The predicted octanol–water partition coefficient (Wildman–Crippen LogP) is 4.13. The number of likely N-dealkylation sites (tertiary alicyclic amines) is 1. The second-order valence-corrected chi connectivity index (χ2v) is 6.83. The van der Waals surface area contributed by atoms with E-state index in [0.29, 0.717) is 6.54 Å². The second-order valence-electron chi connectivity index (χ2n) is 5.88. The number of fused-ring (bicyclic) bond motifs is 1. The van der Waals surface area contributed by atoms with Crippen LogP contribution in [0.15, 0.2) is 41.8 Å². The molecule has 1 saturated heterocycles. The average molecular weight is 328 g/mol.